The number of amides is 1. The third-order valence-corrected chi connectivity index (χ3v) is 5.33. The number of anilines is 1. The zero-order chi connectivity index (χ0) is 24.5. The van der Waals surface area contributed by atoms with E-state index in [0.29, 0.717) is 33.7 Å². The molecule has 0 unspecified atom stereocenters. The van der Waals surface area contributed by atoms with Gasteiger partial charge in [-0.05, 0) is 42.3 Å². The first-order chi connectivity index (χ1) is 16.3. The molecule has 2 aromatic carbocycles. The van der Waals surface area contributed by atoms with Gasteiger partial charge in [0.1, 0.15) is 5.56 Å². The molecule has 4 rings (SSSR count). The van der Waals surface area contributed by atoms with Gasteiger partial charge in [0.25, 0.3) is 5.91 Å². The van der Waals surface area contributed by atoms with Crippen molar-refractivity contribution < 1.29 is 27.4 Å². The van der Waals surface area contributed by atoms with Crippen LogP contribution in [0.3, 0.4) is 0 Å². The molecule has 1 N–H and O–H groups in total. The minimum Gasteiger partial charge on any atom is -0.493 e. The molecule has 0 fully saturated rings. The van der Waals surface area contributed by atoms with Crippen LogP contribution in [-0.4, -0.2) is 34.7 Å². The molecule has 0 saturated carbocycles. The quantitative estimate of drug-likeness (QED) is 0.364. The third kappa shape index (κ3) is 5.02. The van der Waals surface area contributed by atoms with Crippen LogP contribution in [0.15, 0.2) is 54.7 Å². The summed E-state index contributed by atoms with van der Waals surface area (Å²) in [5.74, 6) is 0.140. The maximum absolute atomic E-state index is 13.9. The zero-order valence-corrected chi connectivity index (χ0v) is 19.8. The molecule has 11 heteroatoms. The Hall–Kier alpha value is -3.79. The lowest BCUT2D eigenvalue weighted by Gasteiger charge is -2.13. The number of nitrogens with one attached hydrogen (secondary N) is 1. The number of carbonyl (C=O) groups is 1. The molecule has 0 saturated heterocycles. The van der Waals surface area contributed by atoms with Gasteiger partial charge in [0.15, 0.2) is 22.8 Å². The topological polar surface area (TPSA) is 77.8 Å². The Morgan fingerprint density at radius 2 is 1.77 bits per heavy atom. The van der Waals surface area contributed by atoms with Crippen molar-refractivity contribution in [1.82, 2.24) is 14.6 Å². The second-order valence-corrected chi connectivity index (χ2v) is 7.35. The van der Waals surface area contributed by atoms with E-state index in [1.807, 2.05) is 19.1 Å². The van der Waals surface area contributed by atoms with Gasteiger partial charge in [0, 0.05) is 11.3 Å². The van der Waals surface area contributed by atoms with Crippen LogP contribution in [0, 0.1) is 0 Å². The number of fused-ring (bicyclic) bond motifs is 1. The fourth-order valence-corrected chi connectivity index (χ4v) is 3.61. The number of ether oxygens (including phenoxy) is 2. The van der Waals surface area contributed by atoms with Crippen LogP contribution in [0.25, 0.3) is 16.9 Å². The zero-order valence-electron chi connectivity index (χ0n) is 19.0. The lowest BCUT2D eigenvalue weighted by atomic mass is 10.1. The highest BCUT2D eigenvalue weighted by molar-refractivity contribution is 6.08. The minimum absolute atomic E-state index is 0. The fraction of sp³-hybridized carbons (Fsp3) is 0.208. The van der Waals surface area contributed by atoms with Gasteiger partial charge in [0.05, 0.1) is 26.1 Å². The standard InChI is InChI=1S/C24H21F3N4O3.ClH/c1-4-14-7-5-6-8-17(14)30-23(32)16-13-28-31-21(24(25,26)27)12-18(29-22(16)31)15-9-10-19(33-2)20(11-15)34-3;/h5-13H,4H2,1-3H3,(H,30,32);1H. The van der Waals surface area contributed by atoms with Crippen LogP contribution in [-0.2, 0) is 12.6 Å². The van der Waals surface area contributed by atoms with Crippen LogP contribution in [0.5, 0.6) is 11.5 Å². The summed E-state index contributed by atoms with van der Waals surface area (Å²) < 4.78 is 52.8. The molecule has 0 bridgehead atoms. The van der Waals surface area contributed by atoms with Crippen LogP contribution in [0.1, 0.15) is 28.5 Å². The Morgan fingerprint density at radius 3 is 2.43 bits per heavy atom. The van der Waals surface area contributed by atoms with E-state index in [2.05, 4.69) is 15.4 Å². The maximum atomic E-state index is 13.9. The van der Waals surface area contributed by atoms with E-state index in [9.17, 15) is 18.0 Å². The Morgan fingerprint density at radius 1 is 1.06 bits per heavy atom. The van der Waals surface area contributed by atoms with E-state index >= 15 is 0 Å². The lowest BCUT2D eigenvalue weighted by Crippen LogP contribution is -2.16. The molecule has 4 aromatic rings. The second-order valence-electron chi connectivity index (χ2n) is 7.35. The Balaban J connectivity index is 0.00000342. The fourth-order valence-electron chi connectivity index (χ4n) is 3.61. The molecule has 35 heavy (non-hydrogen) atoms. The molecule has 0 aliphatic heterocycles. The Bertz CT molecular complexity index is 1370. The lowest BCUT2D eigenvalue weighted by molar-refractivity contribution is -0.142. The molecule has 0 aliphatic rings. The number of alkyl halides is 3. The molecule has 0 aliphatic carbocycles. The average molecular weight is 507 g/mol. The predicted octanol–water partition coefficient (Wildman–Crippen LogP) is 5.67. The summed E-state index contributed by atoms with van der Waals surface area (Å²) in [6.45, 7) is 1.94. The summed E-state index contributed by atoms with van der Waals surface area (Å²) in [7, 11) is 2.88. The minimum atomic E-state index is -4.74. The highest BCUT2D eigenvalue weighted by Gasteiger charge is 2.36. The molecule has 0 atom stereocenters. The summed E-state index contributed by atoms with van der Waals surface area (Å²) in [5, 5.41) is 6.57. The number of nitrogens with zero attached hydrogens (tertiary/aromatic N) is 3. The SMILES string of the molecule is CCc1ccccc1NC(=O)c1cnn2c(C(F)(F)F)cc(-c3ccc(OC)c(OC)c3)nc12.Cl. The number of carbonyl (C=O) groups excluding carboxylic acids is 1. The van der Waals surface area contributed by atoms with Gasteiger partial charge in [-0.1, -0.05) is 25.1 Å². The van der Waals surface area contributed by atoms with Crippen molar-refractivity contribution in [2.45, 2.75) is 19.5 Å². The van der Waals surface area contributed by atoms with Gasteiger partial charge in [-0.25, -0.2) is 9.50 Å². The summed E-state index contributed by atoms with van der Waals surface area (Å²) >= 11 is 0. The van der Waals surface area contributed by atoms with Crippen molar-refractivity contribution in [2.75, 3.05) is 19.5 Å². The largest absolute Gasteiger partial charge is 0.493 e. The third-order valence-electron chi connectivity index (χ3n) is 5.33. The van der Waals surface area contributed by atoms with E-state index in [0.717, 1.165) is 17.8 Å². The van der Waals surface area contributed by atoms with Crippen LogP contribution in [0.4, 0.5) is 18.9 Å². The van der Waals surface area contributed by atoms with Crippen LogP contribution >= 0.6 is 12.4 Å². The molecular weight excluding hydrogens is 485 g/mol. The first-order valence-corrected chi connectivity index (χ1v) is 10.3. The summed E-state index contributed by atoms with van der Waals surface area (Å²) in [5.41, 5.74) is 0.461. The van der Waals surface area contributed by atoms with E-state index in [-0.39, 0.29) is 29.3 Å². The average Bonchev–Trinajstić information content (AvgIpc) is 3.26. The first-order valence-electron chi connectivity index (χ1n) is 10.3. The summed E-state index contributed by atoms with van der Waals surface area (Å²) in [4.78, 5) is 17.4. The van der Waals surface area contributed by atoms with E-state index in [4.69, 9.17) is 9.47 Å². The Labute approximate surface area is 205 Å². The summed E-state index contributed by atoms with van der Waals surface area (Å²) in [6, 6.07) is 12.7. The van der Waals surface area contributed by atoms with Gasteiger partial charge < -0.3 is 14.8 Å². The molecule has 0 spiro atoms. The molecule has 7 nitrogen and oxygen atoms in total. The van der Waals surface area contributed by atoms with Gasteiger partial charge in [-0.2, -0.15) is 18.3 Å². The maximum Gasteiger partial charge on any atom is 0.433 e. The number of aromatic nitrogens is 3. The summed E-state index contributed by atoms with van der Waals surface area (Å²) in [6.07, 6.45) is -2.98. The van der Waals surface area contributed by atoms with Crippen molar-refractivity contribution in [3.8, 4) is 22.8 Å². The number of methoxy groups -OCH3 is 2. The first kappa shape index (κ1) is 25.8. The van der Waals surface area contributed by atoms with Gasteiger partial charge in [-0.3, -0.25) is 4.79 Å². The number of rotatable bonds is 6. The molecule has 1 amide bonds. The number of aryl methyl sites for hydroxylation is 1. The van der Waals surface area contributed by atoms with Gasteiger partial charge in [-0.15, -0.1) is 12.4 Å². The van der Waals surface area contributed by atoms with Crippen molar-refractivity contribution in [1.29, 1.82) is 0 Å². The molecule has 184 valence electrons. The second kappa shape index (κ2) is 10.2. The smallest absolute Gasteiger partial charge is 0.433 e. The van der Waals surface area contributed by atoms with Gasteiger partial charge >= 0.3 is 6.18 Å². The molecule has 2 heterocycles. The predicted molar refractivity (Wildman–Crippen MR) is 128 cm³/mol. The number of hydrogen-bond acceptors (Lipinski definition) is 5. The van der Waals surface area contributed by atoms with Crippen molar-refractivity contribution >= 4 is 29.6 Å². The Kier molecular flexibility index (Phi) is 7.54. The van der Waals surface area contributed by atoms with Crippen LogP contribution in [0.2, 0.25) is 0 Å². The number of para-hydroxylation sites is 1. The van der Waals surface area contributed by atoms with Gasteiger partial charge in [0.2, 0.25) is 0 Å². The normalized spacial score (nSPS) is 11.1. The van der Waals surface area contributed by atoms with Crippen molar-refractivity contribution in [3.63, 3.8) is 0 Å². The van der Waals surface area contributed by atoms with E-state index < -0.39 is 17.8 Å². The monoisotopic (exact) mass is 506 g/mol. The molecule has 2 aromatic heterocycles. The number of hydrogen-bond donors (Lipinski definition) is 1. The number of halogens is 4. The highest BCUT2D eigenvalue weighted by Crippen LogP contribution is 2.36. The number of benzene rings is 2. The molecule has 0 radical (unpaired) electrons. The van der Waals surface area contributed by atoms with E-state index in [1.165, 1.54) is 20.3 Å². The van der Waals surface area contributed by atoms with E-state index in [1.54, 1.807) is 24.3 Å². The van der Waals surface area contributed by atoms with Crippen LogP contribution < -0.4 is 14.8 Å². The molecular formula is C24H22ClF3N4O3. The van der Waals surface area contributed by atoms with Crippen molar-refractivity contribution in [2.24, 2.45) is 0 Å². The van der Waals surface area contributed by atoms with Crippen molar-refractivity contribution in [3.05, 3.63) is 71.5 Å². The highest BCUT2D eigenvalue weighted by atomic mass is 35.5.